The molecule has 4 atom stereocenters. The highest BCUT2D eigenvalue weighted by Crippen LogP contribution is 2.51. The Labute approximate surface area is 190 Å². The fourth-order valence-corrected chi connectivity index (χ4v) is 4.49. The van der Waals surface area contributed by atoms with Crippen LogP contribution in [0.4, 0.5) is 4.79 Å². The third-order valence-corrected chi connectivity index (χ3v) is 6.94. The summed E-state index contributed by atoms with van der Waals surface area (Å²) in [4.78, 5) is 47.7. The summed E-state index contributed by atoms with van der Waals surface area (Å²) in [6.45, 7) is 13.9. The summed E-state index contributed by atoms with van der Waals surface area (Å²) < 4.78 is 15.7. The van der Waals surface area contributed by atoms with E-state index >= 15 is 0 Å². The van der Waals surface area contributed by atoms with Gasteiger partial charge in [-0.2, -0.15) is 0 Å². The van der Waals surface area contributed by atoms with Crippen LogP contribution in [0.1, 0.15) is 53.9 Å². The number of alkyl carbamates (subject to hydrolysis) is 1. The molecule has 0 aromatic heterocycles. The Bertz CT molecular complexity index is 763. The van der Waals surface area contributed by atoms with E-state index in [0.717, 1.165) is 19.4 Å². The smallest absolute Gasteiger partial charge is 0.407 e. The van der Waals surface area contributed by atoms with Crippen molar-refractivity contribution in [1.29, 1.82) is 0 Å². The van der Waals surface area contributed by atoms with Gasteiger partial charge in [0.15, 0.2) is 0 Å². The Morgan fingerprint density at radius 3 is 2.44 bits per heavy atom. The lowest BCUT2D eigenvalue weighted by molar-refractivity contribution is -0.738. The predicted octanol–water partition coefficient (Wildman–Crippen LogP) is 2.34. The molecule has 0 aromatic carbocycles. The number of rotatable bonds is 11. The summed E-state index contributed by atoms with van der Waals surface area (Å²) in [7, 11) is 0. The van der Waals surface area contributed by atoms with Gasteiger partial charge in [-0.25, -0.2) is 18.9 Å². The number of hydrogen-bond acceptors (Lipinski definition) is 7. The Kier molecular flexibility index (Phi) is 8.45. The molecule has 0 aliphatic carbocycles. The molecule has 32 heavy (non-hydrogen) atoms. The van der Waals surface area contributed by atoms with Crippen molar-refractivity contribution >= 4 is 23.9 Å². The average molecular weight is 454 g/mol. The summed E-state index contributed by atoms with van der Waals surface area (Å²) in [5.74, 6) is -0.898. The van der Waals surface area contributed by atoms with Crippen LogP contribution in [0.3, 0.4) is 0 Å². The third kappa shape index (κ3) is 5.88. The number of amides is 2. The van der Waals surface area contributed by atoms with Gasteiger partial charge in [0.05, 0.1) is 25.4 Å². The molecule has 2 aliphatic heterocycles. The highest BCUT2D eigenvalue weighted by molar-refractivity contribution is 5.86. The van der Waals surface area contributed by atoms with Gasteiger partial charge in [0.1, 0.15) is 31.9 Å². The minimum atomic E-state index is -0.687. The van der Waals surface area contributed by atoms with E-state index in [0.29, 0.717) is 22.9 Å². The molecule has 2 fully saturated rings. The zero-order chi connectivity index (χ0) is 24.1. The fourth-order valence-electron chi connectivity index (χ4n) is 4.49. The molecule has 0 radical (unpaired) electrons. The minimum Gasteiger partial charge on any atom is -0.462 e. The summed E-state index contributed by atoms with van der Waals surface area (Å²) in [6.07, 6.45) is 1.70. The molecule has 4 unspecified atom stereocenters. The maximum absolute atomic E-state index is 12.5. The number of quaternary nitrogens is 1. The second-order valence-corrected chi connectivity index (χ2v) is 9.52. The Balaban J connectivity index is 1.65. The zero-order valence-corrected chi connectivity index (χ0v) is 19.9. The highest BCUT2D eigenvalue weighted by Gasteiger charge is 2.70. The first-order valence-corrected chi connectivity index (χ1v) is 11.2. The van der Waals surface area contributed by atoms with E-state index in [1.165, 1.54) is 6.92 Å². The van der Waals surface area contributed by atoms with E-state index in [1.807, 2.05) is 20.8 Å². The molecule has 0 bridgehead atoms. The monoisotopic (exact) mass is 453 g/mol. The second kappa shape index (κ2) is 10.5. The molecule has 1 spiro atoms. The van der Waals surface area contributed by atoms with Gasteiger partial charge in [0, 0.05) is 18.4 Å². The van der Waals surface area contributed by atoms with E-state index in [1.54, 1.807) is 0 Å². The van der Waals surface area contributed by atoms with Gasteiger partial charge >= 0.3 is 23.9 Å². The second-order valence-electron chi connectivity index (χ2n) is 9.52. The largest absolute Gasteiger partial charge is 0.462 e. The molecular weight excluding hydrogens is 416 g/mol. The van der Waals surface area contributed by atoms with Crippen LogP contribution in [-0.2, 0) is 28.6 Å². The minimum absolute atomic E-state index is 0.00752. The molecule has 0 aromatic rings. The van der Waals surface area contributed by atoms with E-state index in [2.05, 4.69) is 18.8 Å². The SMILES string of the molecule is C=C(C)C(=O)OCCNC(=O)OCCOC(=O)C(C)C(C)(C)CC1C(C)[N+]12CCCC2=O. The summed E-state index contributed by atoms with van der Waals surface area (Å²) in [6, 6.07) is 0.598. The van der Waals surface area contributed by atoms with Crippen LogP contribution >= 0.6 is 0 Å². The van der Waals surface area contributed by atoms with Gasteiger partial charge < -0.3 is 19.5 Å². The van der Waals surface area contributed by atoms with E-state index in [-0.39, 0.29) is 55.3 Å². The maximum Gasteiger partial charge on any atom is 0.407 e. The van der Waals surface area contributed by atoms with Crippen LogP contribution in [0, 0.1) is 11.3 Å². The molecule has 2 saturated heterocycles. The van der Waals surface area contributed by atoms with Crippen molar-refractivity contribution in [3.63, 3.8) is 0 Å². The first-order valence-electron chi connectivity index (χ1n) is 11.2. The third-order valence-electron chi connectivity index (χ3n) is 6.94. The molecule has 1 N–H and O–H groups in total. The van der Waals surface area contributed by atoms with Crippen molar-refractivity contribution < 1.29 is 37.9 Å². The van der Waals surface area contributed by atoms with Gasteiger partial charge in [-0.05, 0) is 19.3 Å². The summed E-state index contributed by atoms with van der Waals surface area (Å²) in [5.41, 5.74) is -0.0378. The number of hydrogen-bond donors (Lipinski definition) is 1. The molecule has 2 heterocycles. The van der Waals surface area contributed by atoms with Crippen LogP contribution in [0.2, 0.25) is 0 Å². The van der Waals surface area contributed by atoms with Gasteiger partial charge in [0.2, 0.25) is 0 Å². The summed E-state index contributed by atoms with van der Waals surface area (Å²) in [5, 5.41) is 2.43. The van der Waals surface area contributed by atoms with E-state index < -0.39 is 12.1 Å². The van der Waals surface area contributed by atoms with Crippen LogP contribution < -0.4 is 5.32 Å². The van der Waals surface area contributed by atoms with Gasteiger partial charge in [-0.1, -0.05) is 27.4 Å². The van der Waals surface area contributed by atoms with Crippen LogP contribution in [0.25, 0.3) is 0 Å². The quantitative estimate of drug-likeness (QED) is 0.128. The van der Waals surface area contributed by atoms with E-state index in [4.69, 9.17) is 14.2 Å². The Hall–Kier alpha value is -2.42. The van der Waals surface area contributed by atoms with Crippen molar-refractivity contribution in [2.24, 2.45) is 11.3 Å². The number of nitrogens with one attached hydrogen (secondary N) is 1. The van der Waals surface area contributed by atoms with Crippen molar-refractivity contribution in [1.82, 2.24) is 5.32 Å². The van der Waals surface area contributed by atoms with Crippen molar-refractivity contribution in [3.05, 3.63) is 12.2 Å². The molecular formula is C23H37N2O7+. The lowest BCUT2D eigenvalue weighted by Gasteiger charge is -2.30. The predicted molar refractivity (Wildman–Crippen MR) is 116 cm³/mol. The molecule has 2 rings (SSSR count). The molecule has 9 heteroatoms. The van der Waals surface area contributed by atoms with Crippen molar-refractivity contribution in [2.45, 2.75) is 66.0 Å². The number of ether oxygens (including phenoxy) is 3. The topological polar surface area (TPSA) is 108 Å². The standard InChI is InChI=1S/C23H36N2O7/c1-15(2)20(27)30-11-9-24-22(29)32-13-12-31-21(28)16(3)23(5,6)14-18-17(4)25(18)10-7-8-19(25)26/h16-18H,1,7-14H2,2-6H3/p+1. The van der Waals surface area contributed by atoms with Crippen LogP contribution in [0.5, 0.6) is 0 Å². The molecule has 2 amide bonds. The van der Waals surface area contributed by atoms with Crippen LogP contribution in [-0.4, -0.2) is 73.4 Å². The highest BCUT2D eigenvalue weighted by atomic mass is 16.6. The van der Waals surface area contributed by atoms with Crippen molar-refractivity contribution in [3.8, 4) is 0 Å². The normalized spacial score (nSPS) is 25.2. The molecule has 0 saturated carbocycles. The number of nitrogens with zero attached hydrogens (tertiary/aromatic N) is 1. The lowest BCUT2D eigenvalue weighted by atomic mass is 9.76. The van der Waals surface area contributed by atoms with Gasteiger partial charge in [0.25, 0.3) is 0 Å². The fraction of sp³-hybridized carbons (Fsp3) is 0.739. The maximum atomic E-state index is 12.5. The first-order chi connectivity index (χ1) is 14.9. The number of esters is 2. The van der Waals surface area contributed by atoms with Crippen molar-refractivity contribution in [2.75, 3.05) is 32.9 Å². The first kappa shape index (κ1) is 25.8. The number of carbonyl (C=O) groups is 4. The van der Waals surface area contributed by atoms with Crippen LogP contribution in [0.15, 0.2) is 12.2 Å². The Morgan fingerprint density at radius 2 is 1.84 bits per heavy atom. The molecule has 9 nitrogen and oxygen atoms in total. The molecule has 180 valence electrons. The van der Waals surface area contributed by atoms with Gasteiger partial charge in [-0.3, -0.25) is 4.79 Å². The van der Waals surface area contributed by atoms with Gasteiger partial charge in [-0.15, -0.1) is 0 Å². The summed E-state index contributed by atoms with van der Waals surface area (Å²) >= 11 is 0. The van der Waals surface area contributed by atoms with E-state index in [9.17, 15) is 19.2 Å². The Morgan fingerprint density at radius 1 is 1.19 bits per heavy atom. The number of carbonyl (C=O) groups excluding carboxylic acids is 4. The lowest BCUT2D eigenvalue weighted by Crippen LogP contribution is -2.36. The zero-order valence-electron chi connectivity index (χ0n) is 19.9. The molecule has 2 aliphatic rings. The average Bonchev–Trinajstić information content (AvgIpc) is 3.07.